The first-order valence-electron chi connectivity index (χ1n) is 9.67. The van der Waals surface area contributed by atoms with E-state index in [4.69, 9.17) is 0 Å². The maximum Gasteiger partial charge on any atom is 0.317 e. The highest BCUT2D eigenvalue weighted by atomic mass is 16.4. The summed E-state index contributed by atoms with van der Waals surface area (Å²) < 4.78 is 0. The van der Waals surface area contributed by atoms with Crippen molar-refractivity contribution in [2.75, 3.05) is 26.2 Å². The molecule has 2 amide bonds. The van der Waals surface area contributed by atoms with Crippen LogP contribution in [-0.4, -0.2) is 59.1 Å². The van der Waals surface area contributed by atoms with E-state index >= 15 is 0 Å². The second kappa shape index (κ2) is 9.03. The lowest BCUT2D eigenvalue weighted by Gasteiger charge is -2.37. The van der Waals surface area contributed by atoms with Gasteiger partial charge in [-0.25, -0.2) is 4.79 Å². The summed E-state index contributed by atoms with van der Waals surface area (Å²) in [7, 11) is 0. The Labute approximate surface area is 155 Å². The molecule has 0 radical (unpaired) electrons. The lowest BCUT2D eigenvalue weighted by atomic mass is 9.98. The van der Waals surface area contributed by atoms with Crippen LogP contribution in [0.1, 0.15) is 37.7 Å². The van der Waals surface area contributed by atoms with Crippen LogP contribution in [0.4, 0.5) is 4.79 Å². The maximum absolute atomic E-state index is 12.5. The summed E-state index contributed by atoms with van der Waals surface area (Å²) in [6.45, 7) is 3.56. The lowest BCUT2D eigenvalue weighted by molar-refractivity contribution is -0.143. The van der Waals surface area contributed by atoms with E-state index in [1.54, 1.807) is 4.90 Å². The van der Waals surface area contributed by atoms with Crippen LogP contribution in [0.2, 0.25) is 0 Å². The molecule has 2 N–H and O–H groups in total. The molecule has 1 aromatic rings. The molecule has 0 aromatic heterocycles. The number of nitrogens with one attached hydrogen (secondary N) is 1. The SMILES string of the molecule is O=C(O)C1CCCN(C(=O)NCC2CCCCN2Cc2ccccc2)C1. The van der Waals surface area contributed by atoms with Crippen molar-refractivity contribution < 1.29 is 14.7 Å². The minimum atomic E-state index is -0.802. The zero-order chi connectivity index (χ0) is 18.4. The number of aliphatic carboxylic acids is 1. The molecular weight excluding hydrogens is 330 g/mol. The van der Waals surface area contributed by atoms with Crippen LogP contribution in [0.3, 0.4) is 0 Å². The highest BCUT2D eigenvalue weighted by Crippen LogP contribution is 2.20. The summed E-state index contributed by atoms with van der Waals surface area (Å²) in [6.07, 6.45) is 4.89. The van der Waals surface area contributed by atoms with E-state index in [1.165, 1.54) is 18.4 Å². The molecular formula is C20H29N3O3. The van der Waals surface area contributed by atoms with Gasteiger partial charge in [-0.2, -0.15) is 0 Å². The minimum absolute atomic E-state index is 0.124. The number of benzene rings is 1. The van der Waals surface area contributed by atoms with E-state index in [1.807, 2.05) is 6.07 Å². The number of urea groups is 1. The molecule has 3 rings (SSSR count). The van der Waals surface area contributed by atoms with Gasteiger partial charge in [0.15, 0.2) is 0 Å². The predicted octanol–water partition coefficient (Wildman–Crippen LogP) is 2.55. The molecule has 6 heteroatoms. The standard InChI is InChI=1S/C20H29N3O3/c24-19(25)17-9-6-12-23(15-17)20(26)21-13-18-10-4-5-11-22(18)14-16-7-2-1-3-8-16/h1-3,7-8,17-18H,4-6,9-15H2,(H,21,26)(H,24,25). The summed E-state index contributed by atoms with van der Waals surface area (Å²) >= 11 is 0. The smallest absolute Gasteiger partial charge is 0.317 e. The number of piperidine rings is 2. The van der Waals surface area contributed by atoms with Crippen molar-refractivity contribution >= 4 is 12.0 Å². The molecule has 0 aliphatic carbocycles. The predicted molar refractivity (Wildman–Crippen MR) is 99.8 cm³/mol. The van der Waals surface area contributed by atoms with Gasteiger partial charge >= 0.3 is 12.0 Å². The van der Waals surface area contributed by atoms with Crippen molar-refractivity contribution in [1.29, 1.82) is 0 Å². The number of nitrogens with zero attached hydrogens (tertiary/aromatic N) is 2. The Bertz CT molecular complexity index is 608. The summed E-state index contributed by atoms with van der Waals surface area (Å²) in [4.78, 5) is 27.8. The number of carboxylic acid groups (broad SMARTS) is 1. The molecule has 142 valence electrons. The number of likely N-dealkylation sites (tertiary alicyclic amines) is 2. The Morgan fingerprint density at radius 3 is 2.65 bits per heavy atom. The molecule has 0 spiro atoms. The number of hydrogen-bond donors (Lipinski definition) is 2. The van der Waals surface area contributed by atoms with Gasteiger partial charge < -0.3 is 15.3 Å². The molecule has 0 saturated carbocycles. The number of carbonyl (C=O) groups excluding carboxylic acids is 1. The van der Waals surface area contributed by atoms with E-state index in [0.717, 1.165) is 25.9 Å². The Balaban J connectivity index is 1.51. The van der Waals surface area contributed by atoms with Crippen LogP contribution in [0.15, 0.2) is 30.3 Å². The van der Waals surface area contributed by atoms with E-state index in [9.17, 15) is 14.7 Å². The van der Waals surface area contributed by atoms with E-state index < -0.39 is 11.9 Å². The second-order valence-corrected chi connectivity index (χ2v) is 7.42. The Morgan fingerprint density at radius 2 is 1.88 bits per heavy atom. The quantitative estimate of drug-likeness (QED) is 0.847. The maximum atomic E-state index is 12.5. The fourth-order valence-corrected chi connectivity index (χ4v) is 4.00. The molecule has 2 aliphatic heterocycles. The van der Waals surface area contributed by atoms with Crippen LogP contribution in [0.5, 0.6) is 0 Å². The van der Waals surface area contributed by atoms with Crippen molar-refractivity contribution in [1.82, 2.24) is 15.1 Å². The Hall–Kier alpha value is -2.08. The first-order valence-corrected chi connectivity index (χ1v) is 9.67. The topological polar surface area (TPSA) is 72.9 Å². The molecule has 0 bridgehead atoms. The van der Waals surface area contributed by atoms with Crippen LogP contribution in [0, 0.1) is 5.92 Å². The summed E-state index contributed by atoms with van der Waals surface area (Å²) in [6, 6.07) is 10.7. The van der Waals surface area contributed by atoms with Gasteiger partial charge in [-0.1, -0.05) is 36.8 Å². The van der Waals surface area contributed by atoms with Gasteiger partial charge in [-0.3, -0.25) is 9.69 Å². The molecule has 2 atom stereocenters. The Morgan fingerprint density at radius 1 is 1.08 bits per heavy atom. The number of carbonyl (C=O) groups is 2. The fourth-order valence-electron chi connectivity index (χ4n) is 4.00. The lowest BCUT2D eigenvalue weighted by Crippen LogP contribution is -2.51. The van der Waals surface area contributed by atoms with Gasteiger partial charge in [0, 0.05) is 32.2 Å². The van der Waals surface area contributed by atoms with Gasteiger partial charge in [0.05, 0.1) is 5.92 Å². The molecule has 2 heterocycles. The fraction of sp³-hybridized carbons (Fsp3) is 0.600. The number of hydrogen-bond acceptors (Lipinski definition) is 3. The van der Waals surface area contributed by atoms with Crippen molar-refractivity contribution in [3.8, 4) is 0 Å². The normalized spacial score (nSPS) is 24.2. The largest absolute Gasteiger partial charge is 0.481 e. The zero-order valence-electron chi connectivity index (χ0n) is 15.3. The van der Waals surface area contributed by atoms with Gasteiger partial charge in [-0.05, 0) is 37.8 Å². The van der Waals surface area contributed by atoms with Crippen LogP contribution >= 0.6 is 0 Å². The molecule has 26 heavy (non-hydrogen) atoms. The van der Waals surface area contributed by atoms with Gasteiger partial charge in [0.1, 0.15) is 0 Å². The van der Waals surface area contributed by atoms with Crippen LogP contribution < -0.4 is 5.32 Å². The summed E-state index contributed by atoms with van der Waals surface area (Å²) in [5, 5.41) is 12.2. The third-order valence-corrected chi connectivity index (χ3v) is 5.52. The number of carboxylic acids is 1. The summed E-state index contributed by atoms with van der Waals surface area (Å²) in [5.41, 5.74) is 1.30. The van der Waals surface area contributed by atoms with Gasteiger partial charge in [0.25, 0.3) is 0 Å². The monoisotopic (exact) mass is 359 g/mol. The third-order valence-electron chi connectivity index (χ3n) is 5.52. The molecule has 2 unspecified atom stereocenters. The molecule has 6 nitrogen and oxygen atoms in total. The van der Waals surface area contributed by atoms with Crippen LogP contribution in [0.25, 0.3) is 0 Å². The van der Waals surface area contributed by atoms with E-state index in [-0.39, 0.29) is 6.03 Å². The highest BCUT2D eigenvalue weighted by Gasteiger charge is 2.29. The molecule has 1 aromatic carbocycles. The van der Waals surface area contributed by atoms with E-state index in [2.05, 4.69) is 34.5 Å². The average Bonchev–Trinajstić information content (AvgIpc) is 2.68. The van der Waals surface area contributed by atoms with Crippen molar-refractivity contribution in [3.05, 3.63) is 35.9 Å². The summed E-state index contributed by atoms with van der Waals surface area (Å²) in [5.74, 6) is -1.23. The van der Waals surface area contributed by atoms with Crippen molar-refractivity contribution in [2.24, 2.45) is 5.92 Å². The zero-order valence-corrected chi connectivity index (χ0v) is 15.3. The first-order chi connectivity index (χ1) is 12.6. The van der Waals surface area contributed by atoms with Crippen molar-refractivity contribution in [3.63, 3.8) is 0 Å². The van der Waals surface area contributed by atoms with E-state index in [0.29, 0.717) is 32.1 Å². The van der Waals surface area contributed by atoms with Gasteiger partial charge in [0.2, 0.25) is 0 Å². The molecule has 2 fully saturated rings. The highest BCUT2D eigenvalue weighted by molar-refractivity contribution is 5.76. The van der Waals surface area contributed by atoms with Crippen molar-refractivity contribution in [2.45, 2.75) is 44.7 Å². The minimum Gasteiger partial charge on any atom is -0.481 e. The average molecular weight is 359 g/mol. The van der Waals surface area contributed by atoms with Gasteiger partial charge in [-0.15, -0.1) is 0 Å². The first kappa shape index (κ1) is 18.7. The second-order valence-electron chi connectivity index (χ2n) is 7.42. The third kappa shape index (κ3) is 4.97. The number of amides is 2. The molecule has 2 aliphatic rings. The van der Waals surface area contributed by atoms with Crippen LogP contribution in [-0.2, 0) is 11.3 Å². The Kier molecular flexibility index (Phi) is 6.50. The molecule has 2 saturated heterocycles. The number of rotatable bonds is 5.